The van der Waals surface area contributed by atoms with Crippen molar-refractivity contribution in [1.82, 2.24) is 14.3 Å². The van der Waals surface area contributed by atoms with E-state index in [1.165, 1.54) is 0 Å². The van der Waals surface area contributed by atoms with Crippen LogP contribution in [0.15, 0.2) is 29.3 Å². The maximum atomic E-state index is 12.8. The third-order valence-electron chi connectivity index (χ3n) is 5.10. The molecule has 0 aliphatic carbocycles. The third-order valence-corrected chi connectivity index (χ3v) is 5.10. The second-order valence-corrected chi connectivity index (χ2v) is 8.38. The van der Waals surface area contributed by atoms with Gasteiger partial charge in [0.1, 0.15) is 11.4 Å². The summed E-state index contributed by atoms with van der Waals surface area (Å²) in [6.07, 6.45) is 4.35. The summed E-state index contributed by atoms with van der Waals surface area (Å²) in [5, 5.41) is 0. The monoisotopic (exact) mass is 341 g/mol. The highest BCUT2D eigenvalue weighted by molar-refractivity contribution is 5.81. The van der Waals surface area contributed by atoms with Gasteiger partial charge in [-0.05, 0) is 42.4 Å². The molecule has 5 nitrogen and oxygen atoms in total. The van der Waals surface area contributed by atoms with Gasteiger partial charge in [0, 0.05) is 25.5 Å². The fourth-order valence-corrected chi connectivity index (χ4v) is 3.64. The van der Waals surface area contributed by atoms with E-state index in [0.717, 1.165) is 18.5 Å². The van der Waals surface area contributed by atoms with Crippen molar-refractivity contribution >= 4 is 11.4 Å². The number of aromatic nitrogens is 2. The van der Waals surface area contributed by atoms with E-state index in [0.29, 0.717) is 23.7 Å². The van der Waals surface area contributed by atoms with Gasteiger partial charge in [0.25, 0.3) is 5.56 Å². The summed E-state index contributed by atoms with van der Waals surface area (Å²) in [5.41, 5.74) is 2.42. The first-order valence-electron chi connectivity index (χ1n) is 8.92. The quantitative estimate of drug-likeness (QED) is 0.861. The summed E-state index contributed by atoms with van der Waals surface area (Å²) in [7, 11) is 0. The van der Waals surface area contributed by atoms with Crippen LogP contribution in [0.25, 0.3) is 5.65 Å². The van der Waals surface area contributed by atoms with E-state index in [-0.39, 0.29) is 22.8 Å². The van der Waals surface area contributed by atoms with E-state index in [9.17, 15) is 9.59 Å². The van der Waals surface area contributed by atoms with Crippen LogP contribution in [0.3, 0.4) is 0 Å². The molecule has 0 aromatic carbocycles. The van der Waals surface area contributed by atoms with Crippen molar-refractivity contribution in [3.8, 4) is 0 Å². The van der Waals surface area contributed by atoms with Crippen LogP contribution < -0.4 is 5.56 Å². The van der Waals surface area contributed by atoms with Crippen molar-refractivity contribution in [3.05, 3.63) is 46.0 Å². The number of fused-ring (bicyclic) bond motifs is 1. The average Bonchev–Trinajstić information content (AvgIpc) is 2.90. The Kier molecular flexibility index (Phi) is 4.54. The fourth-order valence-electron chi connectivity index (χ4n) is 3.64. The first kappa shape index (κ1) is 17.8. The van der Waals surface area contributed by atoms with Gasteiger partial charge in [-0.2, -0.15) is 0 Å². The van der Waals surface area contributed by atoms with E-state index in [2.05, 4.69) is 37.6 Å². The molecule has 0 radical (unpaired) electrons. The summed E-state index contributed by atoms with van der Waals surface area (Å²) in [5.74, 6) is 0.646. The second kappa shape index (κ2) is 6.37. The Labute approximate surface area is 148 Å². The number of hydrogen-bond donors (Lipinski definition) is 0. The number of likely N-dealkylation sites (tertiary alicyclic amines) is 1. The summed E-state index contributed by atoms with van der Waals surface area (Å²) >= 11 is 0. The van der Waals surface area contributed by atoms with Gasteiger partial charge in [-0.3, -0.25) is 18.9 Å². The molecule has 5 heteroatoms. The summed E-state index contributed by atoms with van der Waals surface area (Å²) in [6, 6.07) is 3.87. The topological polar surface area (TPSA) is 54.7 Å². The zero-order valence-electron chi connectivity index (χ0n) is 15.7. The first-order chi connectivity index (χ1) is 11.7. The molecular formula is C20H27N3O2. The second-order valence-electron chi connectivity index (χ2n) is 8.38. The van der Waals surface area contributed by atoms with Gasteiger partial charge in [0.05, 0.1) is 11.6 Å². The SMILES string of the molecule is CC(=O)C1C[C@@H](C)CN1Cc1cnc2cc(C(C)(C)C)ccn2c1=O. The predicted octanol–water partition coefficient (Wildman–Crippen LogP) is 2.79. The van der Waals surface area contributed by atoms with E-state index >= 15 is 0 Å². The zero-order chi connectivity index (χ0) is 18.4. The molecule has 2 aromatic rings. The molecule has 3 rings (SSSR count). The molecule has 1 saturated heterocycles. The first-order valence-corrected chi connectivity index (χ1v) is 8.92. The van der Waals surface area contributed by atoms with Gasteiger partial charge in [-0.15, -0.1) is 0 Å². The maximum absolute atomic E-state index is 12.8. The lowest BCUT2D eigenvalue weighted by molar-refractivity contribution is -0.121. The molecule has 0 saturated carbocycles. The number of ketones is 1. The molecule has 0 bridgehead atoms. The number of pyridine rings is 1. The predicted molar refractivity (Wildman–Crippen MR) is 98.8 cm³/mol. The third kappa shape index (κ3) is 3.52. The van der Waals surface area contributed by atoms with Crippen molar-refractivity contribution in [2.75, 3.05) is 6.54 Å². The minimum Gasteiger partial charge on any atom is -0.298 e. The molecule has 1 aliphatic heterocycles. The molecule has 1 fully saturated rings. The molecule has 1 unspecified atom stereocenters. The number of carbonyl (C=O) groups excluding carboxylic acids is 1. The van der Waals surface area contributed by atoms with E-state index in [1.807, 2.05) is 18.3 Å². The lowest BCUT2D eigenvalue weighted by Crippen LogP contribution is -2.36. The van der Waals surface area contributed by atoms with Crippen LogP contribution in [0, 0.1) is 5.92 Å². The summed E-state index contributed by atoms with van der Waals surface area (Å²) in [4.78, 5) is 31.3. The van der Waals surface area contributed by atoms with Gasteiger partial charge in [0.2, 0.25) is 0 Å². The number of nitrogens with zero attached hydrogens (tertiary/aromatic N) is 3. The zero-order valence-corrected chi connectivity index (χ0v) is 15.7. The minimum atomic E-state index is -0.0848. The highest BCUT2D eigenvalue weighted by atomic mass is 16.1. The highest BCUT2D eigenvalue weighted by Gasteiger charge is 2.33. The largest absolute Gasteiger partial charge is 0.298 e. The van der Waals surface area contributed by atoms with Crippen LogP contribution in [0.4, 0.5) is 0 Å². The van der Waals surface area contributed by atoms with E-state index in [1.54, 1.807) is 17.5 Å². The van der Waals surface area contributed by atoms with Gasteiger partial charge in [-0.25, -0.2) is 4.98 Å². The van der Waals surface area contributed by atoms with E-state index < -0.39 is 0 Å². The van der Waals surface area contributed by atoms with Gasteiger partial charge in [0.15, 0.2) is 0 Å². The highest BCUT2D eigenvalue weighted by Crippen LogP contribution is 2.25. The van der Waals surface area contributed by atoms with Gasteiger partial charge in [-0.1, -0.05) is 27.7 Å². The Morgan fingerprint density at radius 2 is 2.08 bits per heavy atom. The van der Waals surface area contributed by atoms with Crippen molar-refractivity contribution in [2.45, 2.75) is 59.0 Å². The molecule has 0 N–H and O–H groups in total. The van der Waals surface area contributed by atoms with Crippen LogP contribution in [0.1, 0.15) is 52.2 Å². The molecule has 0 amide bonds. The van der Waals surface area contributed by atoms with Crippen LogP contribution in [0.5, 0.6) is 0 Å². The average molecular weight is 341 g/mol. The number of hydrogen-bond acceptors (Lipinski definition) is 4. The standard InChI is InChI=1S/C20H27N3O2/c1-13-8-17(14(2)24)22(11-13)12-15-10-21-18-9-16(20(3,4)5)6-7-23(18)19(15)25/h6-7,9-10,13,17H,8,11-12H2,1-5H3/t13-,17?/m1/s1. The maximum Gasteiger partial charge on any atom is 0.262 e. The molecule has 2 atom stereocenters. The fraction of sp³-hybridized carbons (Fsp3) is 0.550. The molecule has 1 aliphatic rings. The van der Waals surface area contributed by atoms with Gasteiger partial charge >= 0.3 is 0 Å². The Hall–Kier alpha value is -2.01. The lowest BCUT2D eigenvalue weighted by atomic mass is 9.88. The molecular weight excluding hydrogens is 314 g/mol. The summed E-state index contributed by atoms with van der Waals surface area (Å²) in [6.45, 7) is 11.5. The smallest absolute Gasteiger partial charge is 0.262 e. The molecule has 25 heavy (non-hydrogen) atoms. The normalized spacial score (nSPS) is 21.8. The molecule has 3 heterocycles. The summed E-state index contributed by atoms with van der Waals surface area (Å²) < 4.78 is 1.60. The Morgan fingerprint density at radius 3 is 2.72 bits per heavy atom. The van der Waals surface area contributed by atoms with Gasteiger partial charge < -0.3 is 0 Å². The van der Waals surface area contributed by atoms with Crippen molar-refractivity contribution < 1.29 is 4.79 Å². The number of carbonyl (C=O) groups is 1. The van der Waals surface area contributed by atoms with Crippen LogP contribution in [0.2, 0.25) is 0 Å². The number of Topliss-reactive ketones (excluding diaryl/α,β-unsaturated/α-hetero) is 1. The Balaban J connectivity index is 1.94. The molecule has 0 spiro atoms. The van der Waals surface area contributed by atoms with E-state index in [4.69, 9.17) is 0 Å². The molecule has 2 aromatic heterocycles. The lowest BCUT2D eigenvalue weighted by Gasteiger charge is -2.22. The van der Waals surface area contributed by atoms with Crippen molar-refractivity contribution in [2.24, 2.45) is 5.92 Å². The van der Waals surface area contributed by atoms with Crippen molar-refractivity contribution in [3.63, 3.8) is 0 Å². The van der Waals surface area contributed by atoms with Crippen LogP contribution in [-0.2, 0) is 16.8 Å². The Morgan fingerprint density at radius 1 is 1.36 bits per heavy atom. The molecule has 134 valence electrons. The van der Waals surface area contributed by atoms with Crippen molar-refractivity contribution in [1.29, 1.82) is 0 Å². The number of rotatable bonds is 3. The minimum absolute atomic E-state index is 0.0124. The van der Waals surface area contributed by atoms with Crippen LogP contribution >= 0.6 is 0 Å². The Bertz CT molecular complexity index is 863. The van der Waals surface area contributed by atoms with Crippen LogP contribution in [-0.4, -0.2) is 32.7 Å².